The highest BCUT2D eigenvalue weighted by atomic mass is 16.3. The van der Waals surface area contributed by atoms with Gasteiger partial charge in [0.15, 0.2) is 0 Å². The van der Waals surface area contributed by atoms with Crippen molar-refractivity contribution in [2.24, 2.45) is 0 Å². The van der Waals surface area contributed by atoms with E-state index in [1.807, 2.05) is 25.1 Å². The number of nitrogens with two attached hydrogens (primary N) is 1. The lowest BCUT2D eigenvalue weighted by atomic mass is 10.1. The summed E-state index contributed by atoms with van der Waals surface area (Å²) in [5.74, 6) is 0.436. The van der Waals surface area contributed by atoms with Crippen molar-refractivity contribution >= 4 is 11.5 Å². The van der Waals surface area contributed by atoms with Gasteiger partial charge in [0.25, 0.3) is 0 Å². The highest BCUT2D eigenvalue weighted by molar-refractivity contribution is 5.57. The number of nitrogens with one attached hydrogen (secondary N) is 1. The molecule has 0 aliphatic heterocycles. The molecule has 1 rings (SSSR count). The van der Waals surface area contributed by atoms with E-state index < -0.39 is 5.60 Å². The van der Waals surface area contributed by atoms with E-state index in [2.05, 4.69) is 10.3 Å². The number of nitriles is 1. The minimum Gasteiger partial charge on any atom is -0.397 e. The van der Waals surface area contributed by atoms with E-state index in [-0.39, 0.29) is 0 Å². The third-order valence-corrected chi connectivity index (χ3v) is 2.32. The lowest BCUT2D eigenvalue weighted by Gasteiger charge is -2.27. The molecule has 98 valence electrons. The minimum atomic E-state index is -0.903. The molecule has 0 saturated carbocycles. The maximum atomic E-state index is 10.1. The predicted octanol–water partition coefficient (Wildman–Crippen LogP) is 0.260. The second-order valence-corrected chi connectivity index (χ2v) is 4.86. The predicted molar refractivity (Wildman–Crippen MR) is 71.0 cm³/mol. The van der Waals surface area contributed by atoms with Crippen molar-refractivity contribution < 1.29 is 5.11 Å². The second-order valence-electron chi connectivity index (χ2n) is 4.86. The summed E-state index contributed by atoms with van der Waals surface area (Å²) in [7, 11) is 3.77. The van der Waals surface area contributed by atoms with Crippen LogP contribution in [0.2, 0.25) is 0 Å². The molecule has 1 heterocycles. The average molecular weight is 249 g/mol. The summed E-state index contributed by atoms with van der Waals surface area (Å²) >= 11 is 0. The molecule has 1 atom stereocenters. The second kappa shape index (κ2) is 5.67. The van der Waals surface area contributed by atoms with Gasteiger partial charge in [-0.3, -0.25) is 0 Å². The summed E-state index contributed by atoms with van der Waals surface area (Å²) < 4.78 is 0. The lowest BCUT2D eigenvalue weighted by Crippen LogP contribution is -2.43. The zero-order valence-electron chi connectivity index (χ0n) is 10.9. The van der Waals surface area contributed by atoms with Crippen LogP contribution in [0.4, 0.5) is 11.5 Å². The van der Waals surface area contributed by atoms with Gasteiger partial charge >= 0.3 is 0 Å². The number of aromatic nitrogens is 1. The van der Waals surface area contributed by atoms with E-state index >= 15 is 0 Å². The highest BCUT2D eigenvalue weighted by Crippen LogP contribution is 2.15. The fourth-order valence-corrected chi connectivity index (χ4v) is 1.72. The molecular weight excluding hydrogens is 230 g/mol. The summed E-state index contributed by atoms with van der Waals surface area (Å²) in [4.78, 5) is 5.94. The number of hydrogen-bond acceptors (Lipinski definition) is 6. The number of likely N-dealkylation sites (N-methyl/N-ethyl adjacent to an activating group) is 1. The maximum Gasteiger partial charge on any atom is 0.144 e. The molecule has 0 radical (unpaired) electrons. The number of aliphatic hydroxyl groups is 1. The Bertz CT molecular complexity index is 450. The molecule has 6 heteroatoms. The molecule has 0 spiro atoms. The summed E-state index contributed by atoms with van der Waals surface area (Å²) in [5, 5.41) is 22.1. The topological polar surface area (TPSA) is 98.2 Å². The average Bonchev–Trinajstić information content (AvgIpc) is 2.25. The van der Waals surface area contributed by atoms with Crippen molar-refractivity contribution in [2.75, 3.05) is 38.2 Å². The number of nitrogens with zero attached hydrogens (tertiary/aromatic N) is 3. The SMILES string of the molecule is CN(C)CC(C)(O)CNc1ncc(N)cc1C#N. The molecule has 0 aliphatic carbocycles. The van der Waals surface area contributed by atoms with Gasteiger partial charge in [-0.2, -0.15) is 5.26 Å². The number of hydrogen-bond donors (Lipinski definition) is 3. The van der Waals surface area contributed by atoms with E-state index in [1.54, 1.807) is 13.0 Å². The first-order chi connectivity index (χ1) is 8.34. The fraction of sp³-hybridized carbons (Fsp3) is 0.500. The summed E-state index contributed by atoms with van der Waals surface area (Å²) in [5.41, 5.74) is 5.46. The first kappa shape index (κ1) is 14.2. The van der Waals surface area contributed by atoms with Crippen molar-refractivity contribution in [3.05, 3.63) is 17.8 Å². The standard InChI is InChI=1S/C12H19N5O/c1-12(18,8-17(2)3)7-16-11-9(5-13)4-10(14)6-15-11/h4,6,18H,7-8,14H2,1-3H3,(H,15,16). The molecule has 18 heavy (non-hydrogen) atoms. The Labute approximate surface area is 107 Å². The molecule has 0 amide bonds. The lowest BCUT2D eigenvalue weighted by molar-refractivity contribution is 0.0459. The zero-order valence-corrected chi connectivity index (χ0v) is 10.9. The first-order valence-electron chi connectivity index (χ1n) is 5.61. The van der Waals surface area contributed by atoms with Crippen molar-refractivity contribution in [2.45, 2.75) is 12.5 Å². The van der Waals surface area contributed by atoms with Crippen molar-refractivity contribution in [1.29, 1.82) is 5.26 Å². The third kappa shape index (κ3) is 4.20. The van der Waals surface area contributed by atoms with Crippen LogP contribution in [0.5, 0.6) is 0 Å². The Balaban J connectivity index is 2.72. The van der Waals surface area contributed by atoms with Gasteiger partial charge in [-0.25, -0.2) is 4.98 Å². The quantitative estimate of drug-likeness (QED) is 0.692. The van der Waals surface area contributed by atoms with Crippen molar-refractivity contribution in [3.63, 3.8) is 0 Å². The zero-order chi connectivity index (χ0) is 13.8. The summed E-state index contributed by atoms with van der Waals surface area (Å²) in [6, 6.07) is 3.57. The highest BCUT2D eigenvalue weighted by Gasteiger charge is 2.21. The van der Waals surface area contributed by atoms with Crippen LogP contribution in [-0.4, -0.2) is 47.8 Å². The van der Waals surface area contributed by atoms with Crippen LogP contribution in [-0.2, 0) is 0 Å². The first-order valence-corrected chi connectivity index (χ1v) is 5.61. The molecule has 0 aromatic carbocycles. The van der Waals surface area contributed by atoms with E-state index in [0.717, 1.165) is 0 Å². The Kier molecular flexibility index (Phi) is 4.48. The number of nitrogen functional groups attached to an aromatic ring is 1. The maximum absolute atomic E-state index is 10.1. The van der Waals surface area contributed by atoms with Gasteiger partial charge in [0.2, 0.25) is 0 Å². The van der Waals surface area contributed by atoms with Gasteiger partial charge in [-0.15, -0.1) is 0 Å². The van der Waals surface area contributed by atoms with Gasteiger partial charge in [0, 0.05) is 13.1 Å². The van der Waals surface area contributed by atoms with Gasteiger partial charge in [0.1, 0.15) is 11.9 Å². The van der Waals surface area contributed by atoms with Crippen LogP contribution in [0.15, 0.2) is 12.3 Å². The van der Waals surface area contributed by atoms with E-state index in [1.165, 1.54) is 6.20 Å². The van der Waals surface area contributed by atoms with Gasteiger partial charge < -0.3 is 21.1 Å². The minimum absolute atomic E-state index is 0.302. The Morgan fingerprint density at radius 1 is 1.61 bits per heavy atom. The fourth-order valence-electron chi connectivity index (χ4n) is 1.72. The van der Waals surface area contributed by atoms with Crippen LogP contribution in [0, 0.1) is 11.3 Å². The molecule has 0 saturated heterocycles. The monoisotopic (exact) mass is 249 g/mol. The largest absolute Gasteiger partial charge is 0.397 e. The smallest absolute Gasteiger partial charge is 0.144 e. The van der Waals surface area contributed by atoms with Crippen LogP contribution in [0.1, 0.15) is 12.5 Å². The number of rotatable bonds is 5. The molecule has 1 unspecified atom stereocenters. The van der Waals surface area contributed by atoms with E-state index in [9.17, 15) is 5.11 Å². The Hall–Kier alpha value is -1.84. The van der Waals surface area contributed by atoms with E-state index in [0.29, 0.717) is 30.2 Å². The van der Waals surface area contributed by atoms with Gasteiger partial charge in [0.05, 0.1) is 23.0 Å². The van der Waals surface area contributed by atoms with E-state index in [4.69, 9.17) is 11.0 Å². The number of pyridine rings is 1. The molecule has 1 aromatic rings. The van der Waals surface area contributed by atoms with Crippen molar-refractivity contribution in [1.82, 2.24) is 9.88 Å². The summed E-state index contributed by atoms with van der Waals surface area (Å²) in [6.07, 6.45) is 1.48. The normalized spacial score (nSPS) is 14.0. The molecule has 0 fully saturated rings. The van der Waals surface area contributed by atoms with Crippen molar-refractivity contribution in [3.8, 4) is 6.07 Å². The van der Waals surface area contributed by atoms with Crippen LogP contribution in [0.25, 0.3) is 0 Å². The van der Waals surface area contributed by atoms with Crippen LogP contribution in [0.3, 0.4) is 0 Å². The van der Waals surface area contributed by atoms with Crippen LogP contribution < -0.4 is 11.1 Å². The van der Waals surface area contributed by atoms with Crippen LogP contribution >= 0.6 is 0 Å². The molecule has 6 nitrogen and oxygen atoms in total. The summed E-state index contributed by atoms with van der Waals surface area (Å²) in [6.45, 7) is 2.54. The Morgan fingerprint density at radius 2 is 2.28 bits per heavy atom. The molecule has 1 aromatic heterocycles. The van der Waals surface area contributed by atoms with Gasteiger partial charge in [-0.05, 0) is 27.1 Å². The third-order valence-electron chi connectivity index (χ3n) is 2.32. The molecule has 0 aliphatic rings. The molecular formula is C12H19N5O. The number of anilines is 2. The Morgan fingerprint density at radius 3 is 2.83 bits per heavy atom. The molecule has 4 N–H and O–H groups in total. The van der Waals surface area contributed by atoms with Gasteiger partial charge in [-0.1, -0.05) is 0 Å². The molecule has 0 bridgehead atoms.